The second kappa shape index (κ2) is 7.14. The highest BCUT2D eigenvalue weighted by atomic mass is 16.4. The van der Waals surface area contributed by atoms with Gasteiger partial charge in [-0.3, -0.25) is 0 Å². The molecule has 5 nitrogen and oxygen atoms in total. The molecule has 122 valence electrons. The van der Waals surface area contributed by atoms with E-state index >= 15 is 0 Å². The van der Waals surface area contributed by atoms with Gasteiger partial charge in [-0.2, -0.15) is 0 Å². The van der Waals surface area contributed by atoms with Crippen molar-refractivity contribution in [3.05, 3.63) is 0 Å². The molecular weight excluding hydrogens is 268 g/mol. The Labute approximate surface area is 128 Å². The first-order valence-electron chi connectivity index (χ1n) is 7.93. The average molecular weight is 298 g/mol. The molecule has 0 aromatic rings. The van der Waals surface area contributed by atoms with E-state index < -0.39 is 12.0 Å². The highest BCUT2D eigenvalue weighted by Gasteiger charge is 2.32. The Morgan fingerprint density at radius 2 is 1.90 bits per heavy atom. The van der Waals surface area contributed by atoms with Crippen molar-refractivity contribution < 1.29 is 14.7 Å². The summed E-state index contributed by atoms with van der Waals surface area (Å²) >= 11 is 0. The van der Waals surface area contributed by atoms with Crippen LogP contribution in [0.3, 0.4) is 0 Å². The van der Waals surface area contributed by atoms with Gasteiger partial charge in [0.05, 0.1) is 0 Å². The monoisotopic (exact) mass is 298 g/mol. The quantitative estimate of drug-likeness (QED) is 0.871. The number of aliphatic carboxylic acids is 1. The van der Waals surface area contributed by atoms with Crippen LogP contribution in [0.5, 0.6) is 0 Å². The van der Waals surface area contributed by atoms with Gasteiger partial charge in [-0.1, -0.05) is 27.7 Å². The first kappa shape index (κ1) is 17.8. The molecule has 5 heteroatoms. The summed E-state index contributed by atoms with van der Waals surface area (Å²) in [4.78, 5) is 26.9. The number of carbonyl (C=O) groups is 2. The van der Waals surface area contributed by atoms with E-state index in [1.165, 1.54) is 4.90 Å². The Morgan fingerprint density at radius 3 is 2.38 bits per heavy atom. The predicted octanol–water partition coefficient (Wildman–Crippen LogP) is 3.05. The van der Waals surface area contributed by atoms with Gasteiger partial charge in [0.25, 0.3) is 0 Å². The third-order valence-electron chi connectivity index (χ3n) is 4.66. The number of carbonyl (C=O) groups excluding carboxylic acids is 1. The van der Waals surface area contributed by atoms with Crippen LogP contribution in [-0.4, -0.2) is 53.1 Å². The van der Waals surface area contributed by atoms with Crippen molar-refractivity contribution in [2.75, 3.05) is 20.1 Å². The van der Waals surface area contributed by atoms with Gasteiger partial charge in [0.15, 0.2) is 0 Å². The van der Waals surface area contributed by atoms with E-state index in [2.05, 4.69) is 20.8 Å². The minimum Gasteiger partial charge on any atom is -0.480 e. The van der Waals surface area contributed by atoms with E-state index in [9.17, 15) is 14.7 Å². The molecular formula is C16H30N2O3. The zero-order valence-corrected chi connectivity index (χ0v) is 14.1. The van der Waals surface area contributed by atoms with Gasteiger partial charge < -0.3 is 14.9 Å². The number of hydrogen-bond donors (Lipinski definition) is 1. The first-order valence-corrected chi connectivity index (χ1v) is 7.93. The molecule has 0 aliphatic carbocycles. The smallest absolute Gasteiger partial charge is 0.326 e. The lowest BCUT2D eigenvalue weighted by molar-refractivity contribution is -0.142. The Bertz CT molecular complexity index is 376. The van der Waals surface area contributed by atoms with Gasteiger partial charge in [0, 0.05) is 20.1 Å². The summed E-state index contributed by atoms with van der Waals surface area (Å²) in [5.74, 6) is -0.321. The summed E-state index contributed by atoms with van der Waals surface area (Å²) < 4.78 is 0. The van der Waals surface area contributed by atoms with Crippen LogP contribution in [0.25, 0.3) is 0 Å². The maximum atomic E-state index is 12.5. The standard InChI is InChI=1S/C16H30N2O3/c1-6-13(14(19)20)17(5)15(21)18-10-7-8-12(9-11-18)16(2,3)4/h12-13H,6-11H2,1-5H3,(H,19,20). The molecule has 1 rings (SSSR count). The molecule has 2 unspecified atom stereocenters. The van der Waals surface area contributed by atoms with Crippen LogP contribution in [0.4, 0.5) is 4.79 Å². The fourth-order valence-corrected chi connectivity index (χ4v) is 3.12. The molecule has 2 amide bonds. The van der Waals surface area contributed by atoms with Crippen LogP contribution in [-0.2, 0) is 4.79 Å². The van der Waals surface area contributed by atoms with Crippen molar-refractivity contribution in [3.63, 3.8) is 0 Å². The molecule has 0 spiro atoms. The number of carboxylic acid groups (broad SMARTS) is 1. The fraction of sp³-hybridized carbons (Fsp3) is 0.875. The van der Waals surface area contributed by atoms with Crippen molar-refractivity contribution in [1.29, 1.82) is 0 Å². The molecule has 1 aliphatic heterocycles. The summed E-state index contributed by atoms with van der Waals surface area (Å²) in [6.45, 7) is 9.99. The molecule has 1 N–H and O–H groups in total. The van der Waals surface area contributed by atoms with Gasteiger partial charge >= 0.3 is 12.0 Å². The minimum atomic E-state index is -0.935. The van der Waals surface area contributed by atoms with Crippen LogP contribution in [0.2, 0.25) is 0 Å². The van der Waals surface area contributed by atoms with Crippen molar-refractivity contribution in [3.8, 4) is 0 Å². The molecule has 1 saturated heterocycles. The van der Waals surface area contributed by atoms with Crippen molar-refractivity contribution in [2.45, 2.75) is 59.4 Å². The molecule has 0 aromatic heterocycles. The summed E-state index contributed by atoms with van der Waals surface area (Å²) in [5.41, 5.74) is 0.262. The number of hydrogen-bond acceptors (Lipinski definition) is 2. The second-order valence-electron chi connectivity index (χ2n) is 7.14. The van der Waals surface area contributed by atoms with Gasteiger partial charge in [0.2, 0.25) is 0 Å². The number of urea groups is 1. The minimum absolute atomic E-state index is 0.154. The third kappa shape index (κ3) is 4.61. The number of carboxylic acids is 1. The number of likely N-dealkylation sites (tertiary alicyclic amines) is 1. The number of nitrogens with zero attached hydrogens (tertiary/aromatic N) is 2. The van der Waals surface area contributed by atoms with Gasteiger partial charge in [-0.05, 0) is 37.0 Å². The summed E-state index contributed by atoms with van der Waals surface area (Å²) in [7, 11) is 1.59. The maximum absolute atomic E-state index is 12.5. The highest BCUT2D eigenvalue weighted by molar-refractivity contribution is 5.82. The lowest BCUT2D eigenvalue weighted by Crippen LogP contribution is -2.49. The lowest BCUT2D eigenvalue weighted by atomic mass is 9.77. The zero-order chi connectivity index (χ0) is 16.2. The third-order valence-corrected chi connectivity index (χ3v) is 4.66. The lowest BCUT2D eigenvalue weighted by Gasteiger charge is -2.32. The van der Waals surface area contributed by atoms with Crippen LogP contribution >= 0.6 is 0 Å². The first-order chi connectivity index (χ1) is 9.68. The fourth-order valence-electron chi connectivity index (χ4n) is 3.12. The van der Waals surface area contributed by atoms with E-state index in [1.807, 2.05) is 4.90 Å². The van der Waals surface area contributed by atoms with E-state index in [0.717, 1.165) is 32.4 Å². The van der Waals surface area contributed by atoms with Gasteiger partial charge in [-0.15, -0.1) is 0 Å². The van der Waals surface area contributed by atoms with Gasteiger partial charge in [-0.25, -0.2) is 9.59 Å². The molecule has 0 radical (unpaired) electrons. The largest absolute Gasteiger partial charge is 0.480 e. The normalized spacial score (nSPS) is 21.6. The summed E-state index contributed by atoms with van der Waals surface area (Å²) in [6.07, 6.45) is 3.54. The molecule has 1 aliphatic rings. The Hall–Kier alpha value is -1.26. The molecule has 0 aromatic carbocycles. The van der Waals surface area contributed by atoms with E-state index in [1.54, 1.807) is 14.0 Å². The Balaban J connectivity index is 2.69. The highest BCUT2D eigenvalue weighted by Crippen LogP contribution is 2.34. The van der Waals surface area contributed by atoms with Crippen molar-refractivity contribution >= 4 is 12.0 Å². The number of likely N-dealkylation sites (N-methyl/N-ethyl adjacent to an activating group) is 1. The predicted molar refractivity (Wildman–Crippen MR) is 83.2 cm³/mol. The molecule has 2 atom stereocenters. The van der Waals surface area contributed by atoms with Crippen LogP contribution in [0, 0.1) is 11.3 Å². The molecule has 1 fully saturated rings. The van der Waals surface area contributed by atoms with Gasteiger partial charge in [0.1, 0.15) is 6.04 Å². The van der Waals surface area contributed by atoms with E-state index in [4.69, 9.17) is 0 Å². The second-order valence-corrected chi connectivity index (χ2v) is 7.14. The summed E-state index contributed by atoms with van der Waals surface area (Å²) in [6, 6.07) is -0.891. The van der Waals surface area contributed by atoms with E-state index in [0.29, 0.717) is 12.3 Å². The molecule has 21 heavy (non-hydrogen) atoms. The molecule has 1 heterocycles. The number of rotatable bonds is 3. The van der Waals surface area contributed by atoms with Crippen LogP contribution in [0.1, 0.15) is 53.4 Å². The average Bonchev–Trinajstić information content (AvgIpc) is 2.63. The maximum Gasteiger partial charge on any atom is 0.326 e. The SMILES string of the molecule is CCC(C(=O)O)N(C)C(=O)N1CCCC(C(C)(C)C)CC1. The Morgan fingerprint density at radius 1 is 1.29 bits per heavy atom. The zero-order valence-electron chi connectivity index (χ0n) is 14.1. The molecule has 0 saturated carbocycles. The van der Waals surface area contributed by atoms with Crippen LogP contribution in [0.15, 0.2) is 0 Å². The summed E-state index contributed by atoms with van der Waals surface area (Å²) in [5, 5.41) is 9.18. The number of amides is 2. The Kier molecular flexibility index (Phi) is 6.05. The van der Waals surface area contributed by atoms with Crippen LogP contribution < -0.4 is 0 Å². The molecule has 0 bridgehead atoms. The van der Waals surface area contributed by atoms with Crippen molar-refractivity contribution in [1.82, 2.24) is 9.80 Å². The van der Waals surface area contributed by atoms with E-state index in [-0.39, 0.29) is 11.4 Å². The van der Waals surface area contributed by atoms with Crippen molar-refractivity contribution in [2.24, 2.45) is 11.3 Å². The topological polar surface area (TPSA) is 60.9 Å².